The zero-order valence-electron chi connectivity index (χ0n) is 9.52. The van der Waals surface area contributed by atoms with Crippen LogP contribution in [0.4, 0.5) is 0 Å². The molecule has 1 saturated heterocycles. The van der Waals surface area contributed by atoms with Crippen LogP contribution in [0.25, 0.3) is 0 Å². The summed E-state index contributed by atoms with van der Waals surface area (Å²) < 4.78 is 9.50. The quantitative estimate of drug-likeness (QED) is 0.517. The van der Waals surface area contributed by atoms with Gasteiger partial charge in [0.15, 0.2) is 0 Å². The molecule has 17 heavy (non-hydrogen) atoms. The summed E-state index contributed by atoms with van der Waals surface area (Å²) in [4.78, 5) is 44.8. The van der Waals surface area contributed by atoms with Gasteiger partial charge in [-0.1, -0.05) is 13.8 Å². The van der Waals surface area contributed by atoms with Crippen LogP contribution in [0.1, 0.15) is 26.7 Å². The van der Waals surface area contributed by atoms with Gasteiger partial charge < -0.3 is 9.47 Å². The third-order valence-electron chi connectivity index (χ3n) is 2.13. The highest BCUT2D eigenvalue weighted by molar-refractivity contribution is 6.09. The van der Waals surface area contributed by atoms with E-state index < -0.39 is 36.0 Å². The molecule has 1 heterocycles. The molecule has 7 nitrogen and oxygen atoms in total. The van der Waals surface area contributed by atoms with Gasteiger partial charge in [0.2, 0.25) is 12.2 Å². The maximum atomic E-state index is 11.3. The minimum Gasteiger partial charge on any atom is -0.448 e. The second kappa shape index (κ2) is 5.42. The van der Waals surface area contributed by atoms with Crippen molar-refractivity contribution in [3.8, 4) is 0 Å². The number of carbonyl (C=O) groups is 4. The minimum atomic E-state index is -1.38. The lowest BCUT2D eigenvalue weighted by molar-refractivity contribution is -0.169. The van der Waals surface area contributed by atoms with E-state index in [2.05, 4.69) is 0 Å². The van der Waals surface area contributed by atoms with Crippen molar-refractivity contribution in [2.45, 2.75) is 38.9 Å². The Balaban J connectivity index is 2.76. The zero-order chi connectivity index (χ0) is 13.0. The van der Waals surface area contributed by atoms with Crippen LogP contribution < -0.4 is 5.32 Å². The van der Waals surface area contributed by atoms with E-state index in [0.29, 0.717) is 0 Å². The van der Waals surface area contributed by atoms with Crippen molar-refractivity contribution in [3.63, 3.8) is 0 Å². The van der Waals surface area contributed by atoms with E-state index in [0.717, 1.165) is 0 Å². The Morgan fingerprint density at radius 2 is 1.35 bits per heavy atom. The lowest BCUT2D eigenvalue weighted by Crippen LogP contribution is -2.37. The third kappa shape index (κ3) is 3.02. The molecule has 1 aliphatic heterocycles. The summed E-state index contributed by atoms with van der Waals surface area (Å²) in [5.41, 5.74) is 0. The Hall–Kier alpha value is -1.92. The Morgan fingerprint density at radius 3 is 1.65 bits per heavy atom. The molecule has 0 aromatic heterocycles. The molecular formula is C10H13NO6. The van der Waals surface area contributed by atoms with Crippen LogP contribution in [0.3, 0.4) is 0 Å². The molecule has 2 atom stereocenters. The maximum Gasteiger partial charge on any atom is 0.306 e. The van der Waals surface area contributed by atoms with E-state index in [4.69, 9.17) is 9.47 Å². The summed E-state index contributed by atoms with van der Waals surface area (Å²) in [6.45, 7) is 3.09. The van der Waals surface area contributed by atoms with E-state index in [-0.39, 0.29) is 12.8 Å². The first-order valence-electron chi connectivity index (χ1n) is 5.23. The molecule has 94 valence electrons. The fourth-order valence-corrected chi connectivity index (χ4v) is 1.22. The second-order valence-electron chi connectivity index (χ2n) is 3.38. The molecule has 0 aromatic rings. The number of ether oxygens (including phenoxy) is 2. The first kappa shape index (κ1) is 13.1. The molecule has 0 aliphatic carbocycles. The lowest BCUT2D eigenvalue weighted by Gasteiger charge is -2.15. The number of amides is 2. The average molecular weight is 243 g/mol. The van der Waals surface area contributed by atoms with Gasteiger partial charge in [-0.05, 0) is 0 Å². The molecule has 1 rings (SSSR count). The summed E-state index contributed by atoms with van der Waals surface area (Å²) in [5, 5.41) is 1.94. The topological polar surface area (TPSA) is 98.8 Å². The third-order valence-corrected chi connectivity index (χ3v) is 2.13. The number of rotatable bonds is 4. The van der Waals surface area contributed by atoms with E-state index in [1.165, 1.54) is 0 Å². The van der Waals surface area contributed by atoms with Gasteiger partial charge in [0.1, 0.15) is 0 Å². The first-order valence-corrected chi connectivity index (χ1v) is 5.23. The summed E-state index contributed by atoms with van der Waals surface area (Å²) in [6, 6.07) is 0. The zero-order valence-corrected chi connectivity index (χ0v) is 9.52. The molecule has 0 spiro atoms. The van der Waals surface area contributed by atoms with E-state index in [1.807, 2.05) is 5.32 Å². The van der Waals surface area contributed by atoms with Crippen LogP contribution in [0.2, 0.25) is 0 Å². The van der Waals surface area contributed by atoms with Crippen LogP contribution in [-0.4, -0.2) is 36.0 Å². The van der Waals surface area contributed by atoms with Gasteiger partial charge in [-0.3, -0.25) is 24.5 Å². The van der Waals surface area contributed by atoms with Gasteiger partial charge in [-0.25, -0.2) is 0 Å². The van der Waals surface area contributed by atoms with Gasteiger partial charge in [0.25, 0.3) is 11.8 Å². The maximum absolute atomic E-state index is 11.3. The fourth-order valence-electron chi connectivity index (χ4n) is 1.22. The van der Waals surface area contributed by atoms with Crippen molar-refractivity contribution in [2.75, 3.05) is 0 Å². The number of carbonyl (C=O) groups excluding carboxylic acids is 4. The normalized spacial score (nSPS) is 23.2. The number of hydrogen-bond donors (Lipinski definition) is 1. The molecule has 0 bridgehead atoms. The monoisotopic (exact) mass is 243 g/mol. The highest BCUT2D eigenvalue weighted by Crippen LogP contribution is 2.13. The number of nitrogens with one attached hydrogen (secondary N) is 1. The van der Waals surface area contributed by atoms with Gasteiger partial charge >= 0.3 is 11.9 Å². The molecule has 0 radical (unpaired) electrons. The molecule has 1 fully saturated rings. The number of esters is 2. The van der Waals surface area contributed by atoms with E-state index >= 15 is 0 Å². The first-order chi connectivity index (χ1) is 7.99. The molecule has 7 heteroatoms. The highest BCUT2D eigenvalue weighted by atomic mass is 16.6. The Labute approximate surface area is 97.4 Å². The van der Waals surface area contributed by atoms with Crippen LogP contribution >= 0.6 is 0 Å². The average Bonchev–Trinajstić information content (AvgIpc) is 2.55. The smallest absolute Gasteiger partial charge is 0.306 e. The van der Waals surface area contributed by atoms with Gasteiger partial charge in [0.05, 0.1) is 0 Å². The SMILES string of the molecule is CCC(=O)OC1C(=O)NC(=O)C1OC(=O)CC. The minimum absolute atomic E-state index is 0.0619. The molecule has 2 amide bonds. The van der Waals surface area contributed by atoms with Gasteiger partial charge in [-0.2, -0.15) is 0 Å². The van der Waals surface area contributed by atoms with Crippen molar-refractivity contribution in [3.05, 3.63) is 0 Å². The molecular weight excluding hydrogens is 230 g/mol. The van der Waals surface area contributed by atoms with Crippen LogP contribution in [0, 0.1) is 0 Å². The highest BCUT2D eigenvalue weighted by Gasteiger charge is 2.47. The summed E-state index contributed by atoms with van der Waals surface area (Å²) in [7, 11) is 0. The van der Waals surface area contributed by atoms with Crippen molar-refractivity contribution < 1.29 is 28.7 Å². The fraction of sp³-hybridized carbons (Fsp3) is 0.600. The summed E-state index contributed by atoms with van der Waals surface area (Å²) in [6.07, 6.45) is -2.64. The Kier molecular flexibility index (Phi) is 4.19. The number of hydrogen-bond acceptors (Lipinski definition) is 6. The van der Waals surface area contributed by atoms with Crippen molar-refractivity contribution in [1.82, 2.24) is 5.32 Å². The van der Waals surface area contributed by atoms with E-state index in [1.54, 1.807) is 13.8 Å². The molecule has 0 saturated carbocycles. The molecule has 0 aromatic carbocycles. The predicted molar refractivity (Wildman–Crippen MR) is 53.5 cm³/mol. The van der Waals surface area contributed by atoms with E-state index in [9.17, 15) is 19.2 Å². The van der Waals surface area contributed by atoms with Gasteiger partial charge in [0, 0.05) is 12.8 Å². The molecule has 1 aliphatic rings. The van der Waals surface area contributed by atoms with Crippen LogP contribution in [-0.2, 0) is 28.7 Å². The van der Waals surface area contributed by atoms with Crippen LogP contribution in [0.15, 0.2) is 0 Å². The summed E-state index contributed by atoms with van der Waals surface area (Å²) in [5.74, 6) is -2.83. The standard InChI is InChI=1S/C10H13NO6/c1-3-5(12)16-7-8(17-6(13)4-2)10(15)11-9(7)14/h7-8H,3-4H2,1-2H3,(H,11,14,15). The largest absolute Gasteiger partial charge is 0.448 e. The predicted octanol–water partition coefficient (Wildman–Crippen LogP) is -0.714. The van der Waals surface area contributed by atoms with Crippen molar-refractivity contribution in [1.29, 1.82) is 0 Å². The summed E-state index contributed by atoms with van der Waals surface area (Å²) >= 11 is 0. The second-order valence-corrected chi connectivity index (χ2v) is 3.38. The van der Waals surface area contributed by atoms with Crippen LogP contribution in [0.5, 0.6) is 0 Å². The molecule has 1 N–H and O–H groups in total. The molecule has 2 unspecified atom stereocenters. The lowest BCUT2D eigenvalue weighted by atomic mass is 10.2. The van der Waals surface area contributed by atoms with Crippen molar-refractivity contribution >= 4 is 23.8 Å². The Bertz CT molecular complexity index is 330. The Morgan fingerprint density at radius 1 is 1.00 bits per heavy atom. The van der Waals surface area contributed by atoms with Crippen molar-refractivity contribution in [2.24, 2.45) is 0 Å². The van der Waals surface area contributed by atoms with Gasteiger partial charge in [-0.15, -0.1) is 0 Å². The number of imide groups is 1.